The molecule has 1 heterocycles. The van der Waals surface area contributed by atoms with Crippen molar-refractivity contribution < 1.29 is 22.4 Å². The minimum absolute atomic E-state index is 0.0143. The van der Waals surface area contributed by atoms with Crippen LogP contribution in [0.4, 0.5) is 21.5 Å². The van der Waals surface area contributed by atoms with Crippen LogP contribution in [0.1, 0.15) is 32.7 Å². The average Bonchev–Trinajstić information content (AvgIpc) is 3.14. The maximum Gasteiger partial charge on any atom is 0.258 e. The molecule has 34 heavy (non-hydrogen) atoms. The molecule has 3 aromatic rings. The molecule has 0 unspecified atom stereocenters. The molecule has 10 heteroatoms. The molecular weight excluding hydrogens is 481 g/mol. The maximum atomic E-state index is 14.7. The highest BCUT2D eigenvalue weighted by atomic mass is 35.5. The monoisotopic (exact) mass is 501 g/mol. The molecule has 0 bridgehead atoms. The first kappa shape index (κ1) is 23.7. The van der Waals surface area contributed by atoms with Gasteiger partial charge in [0.2, 0.25) is 10.0 Å². The number of hydrogen-bond acceptors (Lipinski definition) is 4. The van der Waals surface area contributed by atoms with E-state index in [1.807, 2.05) is 0 Å². The number of carbonyl (C=O) groups is 2. The quantitative estimate of drug-likeness (QED) is 0.523. The number of amides is 2. The van der Waals surface area contributed by atoms with Gasteiger partial charge in [-0.25, -0.2) is 12.8 Å². The van der Waals surface area contributed by atoms with Crippen molar-refractivity contribution in [3.8, 4) is 0 Å². The number of hydrogen-bond donors (Lipinski definition) is 2. The number of nitrogens with one attached hydrogen (secondary N) is 2. The lowest BCUT2D eigenvalue weighted by molar-refractivity contribution is 0.101. The van der Waals surface area contributed by atoms with Crippen LogP contribution in [-0.2, 0) is 10.0 Å². The summed E-state index contributed by atoms with van der Waals surface area (Å²) in [5, 5.41) is 5.82. The van der Waals surface area contributed by atoms with Crippen LogP contribution in [0.5, 0.6) is 0 Å². The first-order valence-electron chi connectivity index (χ1n) is 10.4. The van der Waals surface area contributed by atoms with Crippen LogP contribution in [0.2, 0.25) is 5.02 Å². The van der Waals surface area contributed by atoms with Crippen molar-refractivity contribution in [3.05, 3.63) is 88.2 Å². The fourth-order valence-corrected chi connectivity index (χ4v) is 5.38. The van der Waals surface area contributed by atoms with Gasteiger partial charge in [-0.1, -0.05) is 23.7 Å². The molecular formula is C24H21ClFN3O4S. The van der Waals surface area contributed by atoms with Gasteiger partial charge in [-0.2, -0.15) is 0 Å². The van der Waals surface area contributed by atoms with Crippen molar-refractivity contribution in [2.75, 3.05) is 27.2 Å². The zero-order valence-corrected chi connectivity index (χ0v) is 19.7. The normalized spacial score (nSPS) is 14.6. The standard InChI is InChI=1S/C24H21ClFN3O4S/c1-15-6-7-18(13-22(15)28-23(30)16-4-2-5-17(25)12-16)27-24(31)20-9-8-19(14-21(20)26)29-10-3-11-34(29,32)33/h2,4-9,12-14H,3,10-11H2,1H3,(H,27,31)(H,28,30). The van der Waals surface area contributed by atoms with E-state index in [0.29, 0.717) is 28.4 Å². The lowest BCUT2D eigenvalue weighted by atomic mass is 10.1. The Bertz CT molecular complexity index is 1390. The van der Waals surface area contributed by atoms with Gasteiger partial charge in [-0.15, -0.1) is 0 Å². The molecule has 2 amide bonds. The Labute approximate surface area is 201 Å². The van der Waals surface area contributed by atoms with Crippen molar-refractivity contribution in [2.45, 2.75) is 13.3 Å². The average molecular weight is 502 g/mol. The molecule has 176 valence electrons. The Kier molecular flexibility index (Phi) is 6.58. The molecule has 0 radical (unpaired) electrons. The number of aryl methyl sites for hydroxylation is 1. The van der Waals surface area contributed by atoms with Gasteiger partial charge in [0.15, 0.2) is 0 Å². The summed E-state index contributed by atoms with van der Waals surface area (Å²) in [6, 6.07) is 15.1. The van der Waals surface area contributed by atoms with Crippen molar-refractivity contribution in [1.82, 2.24) is 0 Å². The topological polar surface area (TPSA) is 95.6 Å². The predicted octanol–water partition coefficient (Wildman–Crippen LogP) is 4.83. The van der Waals surface area contributed by atoms with Crippen LogP contribution < -0.4 is 14.9 Å². The Balaban J connectivity index is 1.51. The molecule has 1 fully saturated rings. The van der Waals surface area contributed by atoms with E-state index < -0.39 is 21.7 Å². The van der Waals surface area contributed by atoms with Crippen molar-refractivity contribution in [3.63, 3.8) is 0 Å². The summed E-state index contributed by atoms with van der Waals surface area (Å²) in [5.41, 5.74) is 1.91. The second-order valence-corrected chi connectivity index (χ2v) is 10.3. The van der Waals surface area contributed by atoms with Crippen LogP contribution in [-0.4, -0.2) is 32.5 Å². The minimum Gasteiger partial charge on any atom is -0.322 e. The van der Waals surface area contributed by atoms with E-state index in [-0.39, 0.29) is 29.5 Å². The predicted molar refractivity (Wildman–Crippen MR) is 131 cm³/mol. The largest absolute Gasteiger partial charge is 0.322 e. The molecule has 1 aliphatic rings. The molecule has 4 rings (SSSR count). The lowest BCUT2D eigenvalue weighted by Gasteiger charge is -2.17. The summed E-state index contributed by atoms with van der Waals surface area (Å²) in [5.74, 6) is -1.89. The summed E-state index contributed by atoms with van der Waals surface area (Å²) in [4.78, 5) is 25.2. The van der Waals surface area contributed by atoms with Gasteiger partial charge in [0.25, 0.3) is 11.8 Å². The third-order valence-corrected chi connectivity index (χ3v) is 7.52. The summed E-state index contributed by atoms with van der Waals surface area (Å²) in [6.07, 6.45) is 0.468. The molecule has 1 saturated heterocycles. The Morgan fingerprint density at radius 2 is 1.79 bits per heavy atom. The highest BCUT2D eigenvalue weighted by molar-refractivity contribution is 7.93. The summed E-state index contributed by atoms with van der Waals surface area (Å²) >= 11 is 5.95. The Morgan fingerprint density at radius 1 is 1.00 bits per heavy atom. The minimum atomic E-state index is -3.46. The van der Waals surface area contributed by atoms with E-state index in [1.165, 1.54) is 18.2 Å². The number of sulfonamides is 1. The number of anilines is 3. The number of halogens is 2. The van der Waals surface area contributed by atoms with Gasteiger partial charge in [0.05, 0.1) is 17.0 Å². The fraction of sp³-hybridized carbons (Fsp3) is 0.167. The van der Waals surface area contributed by atoms with E-state index in [9.17, 15) is 22.4 Å². The van der Waals surface area contributed by atoms with Crippen molar-refractivity contribution in [1.29, 1.82) is 0 Å². The maximum absolute atomic E-state index is 14.7. The number of rotatable bonds is 5. The van der Waals surface area contributed by atoms with Gasteiger partial charge in [0, 0.05) is 28.5 Å². The Morgan fingerprint density at radius 3 is 2.47 bits per heavy atom. The van der Waals surface area contributed by atoms with Crippen LogP contribution >= 0.6 is 11.6 Å². The molecule has 3 aromatic carbocycles. The molecule has 0 spiro atoms. The van der Waals surface area contributed by atoms with Crippen molar-refractivity contribution in [2.24, 2.45) is 0 Å². The molecule has 0 atom stereocenters. The molecule has 0 aromatic heterocycles. The molecule has 2 N–H and O–H groups in total. The summed E-state index contributed by atoms with van der Waals surface area (Å²) in [6.45, 7) is 2.07. The number of carbonyl (C=O) groups excluding carboxylic acids is 2. The Hall–Kier alpha value is -3.43. The third-order valence-electron chi connectivity index (χ3n) is 5.42. The van der Waals surface area contributed by atoms with Gasteiger partial charge in [0.1, 0.15) is 5.82 Å². The van der Waals surface area contributed by atoms with E-state index >= 15 is 0 Å². The van der Waals surface area contributed by atoms with E-state index in [2.05, 4.69) is 10.6 Å². The molecule has 0 aliphatic carbocycles. The van der Waals surface area contributed by atoms with E-state index in [4.69, 9.17) is 11.6 Å². The SMILES string of the molecule is Cc1ccc(NC(=O)c2ccc(N3CCCS3(=O)=O)cc2F)cc1NC(=O)c1cccc(Cl)c1. The second kappa shape index (κ2) is 9.44. The second-order valence-electron chi connectivity index (χ2n) is 7.85. The molecule has 7 nitrogen and oxygen atoms in total. The first-order chi connectivity index (χ1) is 16.1. The van der Waals surface area contributed by atoms with Crippen LogP contribution in [0.15, 0.2) is 60.7 Å². The van der Waals surface area contributed by atoms with Crippen molar-refractivity contribution >= 4 is 50.5 Å². The van der Waals surface area contributed by atoms with E-state index in [0.717, 1.165) is 15.9 Å². The molecule has 1 aliphatic heterocycles. The molecule has 0 saturated carbocycles. The van der Waals surface area contributed by atoms with E-state index in [1.54, 1.807) is 43.3 Å². The number of nitrogens with zero attached hydrogens (tertiary/aromatic N) is 1. The highest BCUT2D eigenvalue weighted by Crippen LogP contribution is 2.27. The van der Waals surface area contributed by atoms with Crippen LogP contribution in [0, 0.1) is 12.7 Å². The summed E-state index contributed by atoms with van der Waals surface area (Å²) < 4.78 is 40.0. The zero-order chi connectivity index (χ0) is 24.5. The van der Waals surface area contributed by atoms with Crippen LogP contribution in [0.25, 0.3) is 0 Å². The van der Waals surface area contributed by atoms with Gasteiger partial charge in [-0.3, -0.25) is 13.9 Å². The summed E-state index contributed by atoms with van der Waals surface area (Å²) in [7, 11) is -3.46. The highest BCUT2D eigenvalue weighted by Gasteiger charge is 2.29. The third kappa shape index (κ3) is 5.05. The van der Waals surface area contributed by atoms with Crippen LogP contribution in [0.3, 0.4) is 0 Å². The number of benzene rings is 3. The van der Waals surface area contributed by atoms with Gasteiger partial charge in [-0.05, 0) is 67.4 Å². The van der Waals surface area contributed by atoms with Gasteiger partial charge >= 0.3 is 0 Å². The fourth-order valence-electron chi connectivity index (χ4n) is 3.63. The zero-order valence-electron chi connectivity index (χ0n) is 18.1. The first-order valence-corrected chi connectivity index (χ1v) is 12.4. The smallest absolute Gasteiger partial charge is 0.258 e. The lowest BCUT2D eigenvalue weighted by Crippen LogP contribution is -2.25. The van der Waals surface area contributed by atoms with Gasteiger partial charge < -0.3 is 10.6 Å².